The van der Waals surface area contributed by atoms with E-state index in [1.54, 1.807) is 0 Å². The molecule has 0 spiro atoms. The van der Waals surface area contributed by atoms with Gasteiger partial charge >= 0.3 is 0 Å². The Morgan fingerprint density at radius 2 is 1.83 bits per heavy atom. The molecule has 3 heteroatoms. The molecule has 2 heterocycles. The third kappa shape index (κ3) is 3.77. The molecule has 2 aliphatic rings. The standard InChI is InChI=1S/C20H29NO2/c1-19(2)16-20(11-14-23-19,17-9-5-3-6-10-17)15-18(22)21-12-7-4-8-13-21/h3,5-6,9-10H,4,7-8,11-16H2,1-2H3/t20-/m1/s1. The van der Waals surface area contributed by atoms with Gasteiger partial charge in [-0.25, -0.2) is 0 Å². The van der Waals surface area contributed by atoms with Gasteiger partial charge in [0.25, 0.3) is 0 Å². The van der Waals surface area contributed by atoms with E-state index < -0.39 is 0 Å². The molecule has 0 N–H and O–H groups in total. The van der Waals surface area contributed by atoms with Gasteiger partial charge in [0, 0.05) is 31.5 Å². The summed E-state index contributed by atoms with van der Waals surface area (Å²) in [5.41, 5.74) is 1.04. The van der Waals surface area contributed by atoms with Gasteiger partial charge in [-0.2, -0.15) is 0 Å². The maximum Gasteiger partial charge on any atom is 0.223 e. The highest BCUT2D eigenvalue weighted by molar-refractivity contribution is 5.78. The number of amides is 1. The molecular weight excluding hydrogens is 286 g/mol. The molecule has 2 saturated heterocycles. The molecule has 2 aliphatic heterocycles. The topological polar surface area (TPSA) is 29.5 Å². The van der Waals surface area contributed by atoms with E-state index in [1.165, 1.54) is 12.0 Å². The molecule has 1 aromatic rings. The summed E-state index contributed by atoms with van der Waals surface area (Å²) >= 11 is 0. The van der Waals surface area contributed by atoms with Gasteiger partial charge in [0.15, 0.2) is 0 Å². The number of piperidine rings is 1. The summed E-state index contributed by atoms with van der Waals surface area (Å²) in [6.45, 7) is 6.90. The summed E-state index contributed by atoms with van der Waals surface area (Å²) in [7, 11) is 0. The number of rotatable bonds is 3. The van der Waals surface area contributed by atoms with Crippen LogP contribution in [0, 0.1) is 0 Å². The van der Waals surface area contributed by atoms with E-state index in [9.17, 15) is 4.79 Å². The van der Waals surface area contributed by atoms with Gasteiger partial charge in [-0.1, -0.05) is 30.3 Å². The SMILES string of the molecule is CC1(C)C[C@@](CC(=O)N2CCCCC2)(c2ccccc2)CCO1. The maximum absolute atomic E-state index is 12.9. The molecule has 3 nitrogen and oxygen atoms in total. The average molecular weight is 315 g/mol. The van der Waals surface area contributed by atoms with Crippen LogP contribution in [0.1, 0.15) is 57.9 Å². The number of hydrogen-bond donors (Lipinski definition) is 0. The molecule has 1 aromatic carbocycles. The Bertz CT molecular complexity index is 534. The van der Waals surface area contributed by atoms with Crippen molar-refractivity contribution in [3.8, 4) is 0 Å². The van der Waals surface area contributed by atoms with Crippen molar-refractivity contribution >= 4 is 5.91 Å². The lowest BCUT2D eigenvalue weighted by Crippen LogP contribution is -2.47. The molecule has 1 atom stereocenters. The van der Waals surface area contributed by atoms with Gasteiger partial charge in [0.1, 0.15) is 0 Å². The lowest BCUT2D eigenvalue weighted by atomic mass is 9.67. The number of ether oxygens (including phenoxy) is 1. The van der Waals surface area contributed by atoms with Crippen LogP contribution in [-0.4, -0.2) is 36.1 Å². The normalized spacial score (nSPS) is 27.7. The van der Waals surface area contributed by atoms with Gasteiger partial charge in [0.05, 0.1) is 5.60 Å². The lowest BCUT2D eigenvalue weighted by Gasteiger charge is -2.46. The molecule has 0 saturated carbocycles. The van der Waals surface area contributed by atoms with Gasteiger partial charge < -0.3 is 9.64 Å². The smallest absolute Gasteiger partial charge is 0.223 e. The van der Waals surface area contributed by atoms with Crippen molar-refractivity contribution in [2.75, 3.05) is 19.7 Å². The second kappa shape index (κ2) is 6.64. The first-order valence-corrected chi connectivity index (χ1v) is 8.98. The van der Waals surface area contributed by atoms with Crippen LogP contribution in [0.25, 0.3) is 0 Å². The van der Waals surface area contributed by atoms with E-state index in [0.29, 0.717) is 12.3 Å². The van der Waals surface area contributed by atoms with Crippen LogP contribution < -0.4 is 0 Å². The molecule has 0 bridgehead atoms. The zero-order chi connectivity index (χ0) is 16.3. The van der Waals surface area contributed by atoms with Crippen LogP contribution in [0.2, 0.25) is 0 Å². The van der Waals surface area contributed by atoms with Crippen molar-refractivity contribution < 1.29 is 9.53 Å². The van der Waals surface area contributed by atoms with Crippen LogP contribution in [0.5, 0.6) is 0 Å². The summed E-state index contributed by atoms with van der Waals surface area (Å²) < 4.78 is 5.94. The quantitative estimate of drug-likeness (QED) is 0.846. The van der Waals surface area contributed by atoms with E-state index in [2.05, 4.69) is 43.0 Å². The molecule has 0 radical (unpaired) electrons. The van der Waals surface area contributed by atoms with Crippen molar-refractivity contribution in [2.45, 2.75) is 63.4 Å². The second-order valence-corrected chi connectivity index (χ2v) is 7.80. The molecular formula is C20H29NO2. The van der Waals surface area contributed by atoms with E-state index in [-0.39, 0.29) is 11.0 Å². The number of benzene rings is 1. The number of likely N-dealkylation sites (tertiary alicyclic amines) is 1. The molecule has 0 unspecified atom stereocenters. The summed E-state index contributed by atoms with van der Waals surface area (Å²) in [5, 5.41) is 0. The third-order valence-corrected chi connectivity index (χ3v) is 5.42. The Morgan fingerprint density at radius 3 is 2.48 bits per heavy atom. The zero-order valence-corrected chi connectivity index (χ0v) is 14.5. The minimum absolute atomic E-state index is 0.0858. The number of hydrogen-bond acceptors (Lipinski definition) is 2. The minimum Gasteiger partial charge on any atom is -0.376 e. The number of nitrogens with zero attached hydrogens (tertiary/aromatic N) is 1. The monoisotopic (exact) mass is 315 g/mol. The first-order valence-electron chi connectivity index (χ1n) is 8.98. The number of carbonyl (C=O) groups excluding carboxylic acids is 1. The molecule has 126 valence electrons. The summed E-state index contributed by atoms with van der Waals surface area (Å²) in [6, 6.07) is 10.6. The fourth-order valence-corrected chi connectivity index (χ4v) is 4.31. The molecule has 1 amide bonds. The van der Waals surface area contributed by atoms with Crippen molar-refractivity contribution in [2.24, 2.45) is 0 Å². The van der Waals surface area contributed by atoms with Crippen molar-refractivity contribution in [1.82, 2.24) is 4.90 Å². The summed E-state index contributed by atoms with van der Waals surface area (Å²) in [4.78, 5) is 15.0. The molecule has 0 aromatic heterocycles. The van der Waals surface area contributed by atoms with Crippen molar-refractivity contribution in [1.29, 1.82) is 0 Å². The predicted molar refractivity (Wildman–Crippen MR) is 92.4 cm³/mol. The molecule has 3 rings (SSSR count). The predicted octanol–water partition coefficient (Wildman–Crippen LogP) is 3.92. The van der Waals surface area contributed by atoms with Gasteiger partial charge in [-0.3, -0.25) is 4.79 Å². The maximum atomic E-state index is 12.9. The van der Waals surface area contributed by atoms with Crippen molar-refractivity contribution in [3.05, 3.63) is 35.9 Å². The fraction of sp³-hybridized carbons (Fsp3) is 0.650. The fourth-order valence-electron chi connectivity index (χ4n) is 4.31. The third-order valence-electron chi connectivity index (χ3n) is 5.42. The molecule has 0 aliphatic carbocycles. The van der Waals surface area contributed by atoms with Crippen LogP contribution in [0.15, 0.2) is 30.3 Å². The van der Waals surface area contributed by atoms with Gasteiger partial charge in [0.2, 0.25) is 5.91 Å². The molecule has 2 fully saturated rings. The van der Waals surface area contributed by atoms with E-state index in [0.717, 1.165) is 45.4 Å². The second-order valence-electron chi connectivity index (χ2n) is 7.80. The highest BCUT2D eigenvalue weighted by Gasteiger charge is 2.44. The Labute approximate surface area is 140 Å². The van der Waals surface area contributed by atoms with Crippen LogP contribution >= 0.6 is 0 Å². The van der Waals surface area contributed by atoms with Crippen molar-refractivity contribution in [3.63, 3.8) is 0 Å². The Morgan fingerprint density at radius 1 is 1.13 bits per heavy atom. The van der Waals surface area contributed by atoms with Gasteiger partial charge in [-0.05, 0) is 51.5 Å². The Balaban J connectivity index is 1.85. The largest absolute Gasteiger partial charge is 0.376 e. The first kappa shape index (κ1) is 16.5. The summed E-state index contributed by atoms with van der Waals surface area (Å²) in [5.74, 6) is 0.325. The Hall–Kier alpha value is -1.35. The van der Waals surface area contributed by atoms with Crippen LogP contribution in [0.4, 0.5) is 0 Å². The molecule has 23 heavy (non-hydrogen) atoms. The van der Waals surface area contributed by atoms with Crippen LogP contribution in [0.3, 0.4) is 0 Å². The van der Waals surface area contributed by atoms with E-state index >= 15 is 0 Å². The Kier molecular flexibility index (Phi) is 4.77. The van der Waals surface area contributed by atoms with E-state index in [1.807, 2.05) is 6.07 Å². The lowest BCUT2D eigenvalue weighted by molar-refractivity contribution is -0.137. The number of carbonyl (C=O) groups is 1. The van der Waals surface area contributed by atoms with E-state index in [4.69, 9.17) is 4.74 Å². The van der Waals surface area contributed by atoms with Crippen LogP contribution in [-0.2, 0) is 14.9 Å². The highest BCUT2D eigenvalue weighted by Crippen LogP contribution is 2.44. The zero-order valence-electron chi connectivity index (χ0n) is 14.5. The van der Waals surface area contributed by atoms with Gasteiger partial charge in [-0.15, -0.1) is 0 Å². The average Bonchev–Trinajstić information content (AvgIpc) is 2.55. The first-order chi connectivity index (χ1) is 11.0. The summed E-state index contributed by atoms with van der Waals surface area (Å²) in [6.07, 6.45) is 6.01. The highest BCUT2D eigenvalue weighted by atomic mass is 16.5. The minimum atomic E-state index is -0.170.